The van der Waals surface area contributed by atoms with Gasteiger partial charge in [0.15, 0.2) is 11.7 Å². The first-order valence-electron chi connectivity index (χ1n) is 9.08. The van der Waals surface area contributed by atoms with Crippen LogP contribution in [0.5, 0.6) is 0 Å². The maximum absolute atomic E-state index is 12.6. The van der Waals surface area contributed by atoms with Crippen LogP contribution in [-0.2, 0) is 24.1 Å². The number of anilines is 1. The second-order valence-electron chi connectivity index (χ2n) is 6.40. The van der Waals surface area contributed by atoms with E-state index in [1.54, 1.807) is 7.05 Å². The first-order valence-corrected chi connectivity index (χ1v) is 9.96. The van der Waals surface area contributed by atoms with Crippen LogP contribution in [0.15, 0.2) is 34.6 Å². The molecule has 29 heavy (non-hydrogen) atoms. The van der Waals surface area contributed by atoms with Crippen LogP contribution in [0, 0.1) is 5.92 Å². The van der Waals surface area contributed by atoms with E-state index in [9.17, 15) is 18.0 Å². The quantitative estimate of drug-likeness (QED) is 0.461. The summed E-state index contributed by atoms with van der Waals surface area (Å²) in [5.74, 6) is 0.336. The van der Waals surface area contributed by atoms with Gasteiger partial charge in [-0.2, -0.15) is 13.2 Å². The van der Waals surface area contributed by atoms with E-state index in [-0.39, 0.29) is 18.4 Å². The highest BCUT2D eigenvalue weighted by Crippen LogP contribution is 2.29. The van der Waals surface area contributed by atoms with Crippen LogP contribution >= 0.6 is 11.3 Å². The summed E-state index contributed by atoms with van der Waals surface area (Å²) < 4.78 is 37.8. The minimum Gasteiger partial charge on any atom is -0.352 e. The van der Waals surface area contributed by atoms with Crippen molar-refractivity contribution >= 4 is 28.9 Å². The molecule has 2 aromatic rings. The third-order valence-corrected chi connectivity index (χ3v) is 5.04. The zero-order valence-electron chi connectivity index (χ0n) is 16.4. The maximum atomic E-state index is 12.6. The van der Waals surface area contributed by atoms with Crippen LogP contribution in [-0.4, -0.2) is 23.9 Å². The lowest BCUT2D eigenvalue weighted by Crippen LogP contribution is -2.36. The molecule has 0 spiro atoms. The Kier molecular flexibility index (Phi) is 8.00. The Hall–Kier alpha value is -2.62. The summed E-state index contributed by atoms with van der Waals surface area (Å²) in [6.07, 6.45) is -3.68. The molecule has 0 aliphatic rings. The molecule has 1 aromatic heterocycles. The summed E-state index contributed by atoms with van der Waals surface area (Å²) in [5.41, 5.74) is 0.738. The van der Waals surface area contributed by atoms with Gasteiger partial charge in [-0.05, 0) is 24.1 Å². The van der Waals surface area contributed by atoms with Gasteiger partial charge in [-0.15, -0.1) is 11.3 Å². The van der Waals surface area contributed by atoms with E-state index < -0.39 is 11.9 Å². The first-order chi connectivity index (χ1) is 13.7. The van der Waals surface area contributed by atoms with Crippen LogP contribution in [0.4, 0.5) is 18.9 Å². The lowest BCUT2D eigenvalue weighted by atomic mass is 10.1. The second kappa shape index (κ2) is 10.2. The number of halogens is 3. The van der Waals surface area contributed by atoms with Gasteiger partial charge in [-0.1, -0.05) is 26.0 Å². The van der Waals surface area contributed by atoms with Crippen LogP contribution in [0.2, 0.25) is 0 Å². The molecule has 0 radical (unpaired) electrons. The van der Waals surface area contributed by atoms with Gasteiger partial charge in [0.2, 0.25) is 5.91 Å². The number of benzene rings is 1. The van der Waals surface area contributed by atoms with Crippen molar-refractivity contribution in [2.75, 3.05) is 12.4 Å². The number of amides is 1. The Morgan fingerprint density at radius 2 is 2.00 bits per heavy atom. The Morgan fingerprint density at radius 1 is 1.28 bits per heavy atom. The molecule has 0 saturated carbocycles. The largest absolute Gasteiger partial charge is 0.434 e. The predicted molar refractivity (Wildman–Crippen MR) is 109 cm³/mol. The molecule has 1 aromatic carbocycles. The highest BCUT2D eigenvalue weighted by Gasteiger charge is 2.33. The van der Waals surface area contributed by atoms with Gasteiger partial charge in [0, 0.05) is 30.6 Å². The summed E-state index contributed by atoms with van der Waals surface area (Å²) in [5, 5.41) is 10.2. The first kappa shape index (κ1) is 22.7. The number of rotatable bonds is 7. The van der Waals surface area contributed by atoms with Gasteiger partial charge < -0.3 is 16.0 Å². The zero-order valence-corrected chi connectivity index (χ0v) is 17.2. The molecule has 1 unspecified atom stereocenters. The Labute approximate surface area is 171 Å². The van der Waals surface area contributed by atoms with Crippen molar-refractivity contribution in [1.82, 2.24) is 15.6 Å². The van der Waals surface area contributed by atoms with E-state index in [2.05, 4.69) is 25.9 Å². The van der Waals surface area contributed by atoms with Crippen LogP contribution in [0.25, 0.3) is 0 Å². The van der Waals surface area contributed by atoms with Gasteiger partial charge in [0.25, 0.3) is 0 Å². The molecule has 6 nitrogen and oxygen atoms in total. The fourth-order valence-electron chi connectivity index (χ4n) is 2.30. The van der Waals surface area contributed by atoms with Crippen molar-refractivity contribution in [2.45, 2.75) is 39.5 Å². The molecule has 0 aliphatic carbocycles. The van der Waals surface area contributed by atoms with Crippen LogP contribution < -0.4 is 16.0 Å². The van der Waals surface area contributed by atoms with Crippen molar-refractivity contribution in [2.24, 2.45) is 10.9 Å². The Bertz CT molecular complexity index is 850. The molecule has 10 heteroatoms. The average Bonchev–Trinajstić information content (AvgIpc) is 3.17. The fraction of sp³-hybridized carbons (Fsp3) is 0.421. The molecule has 0 aliphatic heterocycles. The highest BCUT2D eigenvalue weighted by atomic mass is 32.1. The third-order valence-electron chi connectivity index (χ3n) is 4.19. The monoisotopic (exact) mass is 427 g/mol. The van der Waals surface area contributed by atoms with Gasteiger partial charge >= 0.3 is 6.18 Å². The molecule has 3 N–H and O–H groups in total. The lowest BCUT2D eigenvalue weighted by molar-refractivity contribution is -0.140. The van der Waals surface area contributed by atoms with Crippen molar-refractivity contribution in [3.05, 3.63) is 45.9 Å². The average molecular weight is 427 g/mol. The smallest absolute Gasteiger partial charge is 0.352 e. The van der Waals surface area contributed by atoms with Crippen molar-refractivity contribution in [3.63, 3.8) is 0 Å². The summed E-state index contributed by atoms with van der Waals surface area (Å²) in [6, 6.07) is 7.41. The normalized spacial score (nSPS) is 13.1. The molecule has 1 atom stereocenters. The topological polar surface area (TPSA) is 78.4 Å². The van der Waals surface area contributed by atoms with Crippen LogP contribution in [0.1, 0.15) is 36.5 Å². The third kappa shape index (κ3) is 7.04. The number of aliphatic imine (C=N–C) groups is 1. The second-order valence-corrected chi connectivity index (χ2v) is 7.35. The van der Waals surface area contributed by atoms with E-state index in [0.29, 0.717) is 23.2 Å². The summed E-state index contributed by atoms with van der Waals surface area (Å²) in [4.78, 5) is 19.7. The van der Waals surface area contributed by atoms with Gasteiger partial charge in [0.05, 0.1) is 6.54 Å². The molecule has 0 saturated heterocycles. The number of hydrogen-bond acceptors (Lipinski definition) is 4. The summed E-state index contributed by atoms with van der Waals surface area (Å²) >= 11 is 0.938. The summed E-state index contributed by atoms with van der Waals surface area (Å²) in [6.45, 7) is 4.39. The number of alkyl halides is 3. The van der Waals surface area contributed by atoms with E-state index in [0.717, 1.165) is 28.7 Å². The van der Waals surface area contributed by atoms with Crippen molar-refractivity contribution < 1.29 is 18.0 Å². The van der Waals surface area contributed by atoms with Crippen molar-refractivity contribution in [3.8, 4) is 0 Å². The molecular weight excluding hydrogens is 403 g/mol. The molecule has 1 heterocycles. The van der Waals surface area contributed by atoms with E-state index in [4.69, 9.17) is 0 Å². The lowest BCUT2D eigenvalue weighted by Gasteiger charge is -2.13. The molecular formula is C19H24F3N5OS. The highest BCUT2D eigenvalue weighted by molar-refractivity contribution is 7.09. The Balaban J connectivity index is 1.88. The molecule has 0 fully saturated rings. The minimum atomic E-state index is -4.44. The standard InChI is InChI=1S/C19H24F3N5OS/c1-4-12(2)17(28)26-14-7-5-6-13(8-14)9-24-18(23-3)25-10-16-27-15(11-29-16)19(20,21)22/h5-8,11-12H,4,9-10H2,1-3H3,(H,26,28)(H2,23,24,25). The number of hydrogen-bond donors (Lipinski definition) is 3. The number of thiazole rings is 1. The molecule has 2 rings (SSSR count). The number of guanidine groups is 1. The number of carbonyl (C=O) groups excluding carboxylic acids is 1. The number of nitrogens with one attached hydrogen (secondary N) is 3. The molecule has 158 valence electrons. The summed E-state index contributed by atoms with van der Waals surface area (Å²) in [7, 11) is 1.57. The number of aromatic nitrogens is 1. The molecule has 1 amide bonds. The van der Waals surface area contributed by atoms with E-state index >= 15 is 0 Å². The van der Waals surface area contributed by atoms with Gasteiger partial charge in [-0.3, -0.25) is 9.79 Å². The predicted octanol–water partition coefficient (Wildman–Crippen LogP) is 4.01. The van der Waals surface area contributed by atoms with Gasteiger partial charge in [0.1, 0.15) is 5.01 Å². The molecule has 0 bridgehead atoms. The SMILES string of the molecule is CCC(C)C(=O)Nc1cccc(CNC(=NC)NCc2nc(C(F)(F)F)cs2)c1. The van der Waals surface area contributed by atoms with Crippen molar-refractivity contribution in [1.29, 1.82) is 0 Å². The number of nitrogens with zero attached hydrogens (tertiary/aromatic N) is 2. The van der Waals surface area contributed by atoms with E-state index in [1.165, 1.54) is 0 Å². The maximum Gasteiger partial charge on any atom is 0.434 e. The van der Waals surface area contributed by atoms with Crippen LogP contribution in [0.3, 0.4) is 0 Å². The Morgan fingerprint density at radius 3 is 2.62 bits per heavy atom. The number of carbonyl (C=O) groups is 1. The minimum absolute atomic E-state index is 0.0308. The zero-order chi connectivity index (χ0) is 21.4. The fourth-order valence-corrected chi connectivity index (χ4v) is 3.04. The van der Waals surface area contributed by atoms with E-state index in [1.807, 2.05) is 38.1 Å². The van der Waals surface area contributed by atoms with Gasteiger partial charge in [-0.25, -0.2) is 4.98 Å².